The maximum atomic E-state index is 8.39. The third kappa shape index (κ3) is 5.13. The Balaban J connectivity index is 3.41. The van der Waals surface area contributed by atoms with Crippen molar-refractivity contribution in [2.45, 2.75) is 33.6 Å². The van der Waals surface area contributed by atoms with E-state index in [1.807, 2.05) is 6.92 Å². The van der Waals surface area contributed by atoms with Crippen LogP contribution in [0.4, 0.5) is 0 Å². The largest absolute Gasteiger partial charge is 0.411 e. The van der Waals surface area contributed by atoms with Gasteiger partial charge in [-0.25, -0.2) is 0 Å². The first-order valence-corrected chi connectivity index (χ1v) is 4.64. The van der Waals surface area contributed by atoms with Crippen LogP contribution in [0.1, 0.15) is 33.6 Å². The van der Waals surface area contributed by atoms with Crippen molar-refractivity contribution in [3.8, 4) is 0 Å². The van der Waals surface area contributed by atoms with Gasteiger partial charge in [0.1, 0.15) is 0 Å². The van der Waals surface area contributed by atoms with E-state index >= 15 is 0 Å². The predicted octanol–water partition coefficient (Wildman–Crippen LogP) is 1.96. The molecule has 72 valence electrons. The molecule has 0 aliphatic heterocycles. The fourth-order valence-electron chi connectivity index (χ4n) is 1.15. The van der Waals surface area contributed by atoms with Crippen molar-refractivity contribution in [1.29, 1.82) is 0 Å². The Kier molecular flexibility index (Phi) is 6.76. The minimum atomic E-state index is 0.821. The van der Waals surface area contributed by atoms with Gasteiger partial charge in [-0.2, -0.15) is 0 Å². The topological polar surface area (TPSA) is 35.8 Å². The van der Waals surface area contributed by atoms with Crippen LogP contribution in [-0.2, 0) is 0 Å². The molecule has 0 saturated carbocycles. The van der Waals surface area contributed by atoms with Gasteiger partial charge in [0.2, 0.25) is 0 Å². The van der Waals surface area contributed by atoms with Crippen LogP contribution >= 0.6 is 0 Å². The minimum absolute atomic E-state index is 0.821. The van der Waals surface area contributed by atoms with Crippen molar-refractivity contribution >= 4 is 5.71 Å². The van der Waals surface area contributed by atoms with Gasteiger partial charge in [0.05, 0.1) is 5.71 Å². The highest BCUT2D eigenvalue weighted by Gasteiger charge is 1.98. The van der Waals surface area contributed by atoms with E-state index in [0.29, 0.717) is 0 Å². The van der Waals surface area contributed by atoms with Gasteiger partial charge in [-0.15, -0.1) is 0 Å². The summed E-state index contributed by atoms with van der Waals surface area (Å²) in [7, 11) is 0. The van der Waals surface area contributed by atoms with Gasteiger partial charge in [-0.3, -0.25) is 0 Å². The molecule has 0 bridgehead atoms. The Morgan fingerprint density at radius 3 is 2.33 bits per heavy atom. The predicted molar refractivity (Wildman–Crippen MR) is 51.9 cm³/mol. The number of hydrogen-bond acceptors (Lipinski definition) is 3. The number of nitrogens with zero attached hydrogens (tertiary/aromatic N) is 2. The van der Waals surface area contributed by atoms with Crippen molar-refractivity contribution in [1.82, 2.24) is 4.90 Å². The van der Waals surface area contributed by atoms with E-state index < -0.39 is 0 Å². The third-order valence-corrected chi connectivity index (χ3v) is 2.08. The van der Waals surface area contributed by atoms with Gasteiger partial charge in [0, 0.05) is 0 Å². The van der Waals surface area contributed by atoms with E-state index in [1.165, 1.54) is 0 Å². The van der Waals surface area contributed by atoms with Gasteiger partial charge in [-0.05, 0) is 39.4 Å². The van der Waals surface area contributed by atoms with Crippen molar-refractivity contribution in [2.24, 2.45) is 5.16 Å². The molecule has 0 aliphatic carbocycles. The molecule has 0 fully saturated rings. The maximum Gasteiger partial charge on any atom is 0.0540 e. The molecule has 0 aliphatic rings. The SMILES string of the molecule is CCN(CC)CCC/C(C)=N\O. The zero-order valence-corrected chi connectivity index (χ0v) is 8.38. The molecule has 0 saturated heterocycles. The Bertz CT molecular complexity index is 130. The van der Waals surface area contributed by atoms with Crippen LogP contribution in [0.15, 0.2) is 5.16 Å². The normalized spacial score (nSPS) is 12.5. The summed E-state index contributed by atoms with van der Waals surface area (Å²) in [5, 5.41) is 11.5. The fourth-order valence-corrected chi connectivity index (χ4v) is 1.15. The van der Waals surface area contributed by atoms with Crippen LogP contribution in [0.25, 0.3) is 0 Å². The first-order valence-electron chi connectivity index (χ1n) is 4.64. The second-order valence-corrected chi connectivity index (χ2v) is 2.97. The molecular formula is C9H20N2O. The van der Waals surface area contributed by atoms with E-state index in [1.54, 1.807) is 0 Å². The summed E-state index contributed by atoms with van der Waals surface area (Å²) in [6.45, 7) is 9.48. The van der Waals surface area contributed by atoms with Crippen molar-refractivity contribution in [2.75, 3.05) is 19.6 Å². The molecule has 0 aromatic rings. The smallest absolute Gasteiger partial charge is 0.0540 e. The van der Waals surface area contributed by atoms with E-state index in [-0.39, 0.29) is 0 Å². The van der Waals surface area contributed by atoms with Crippen LogP contribution in [0.3, 0.4) is 0 Å². The Morgan fingerprint density at radius 2 is 1.92 bits per heavy atom. The molecule has 0 heterocycles. The summed E-state index contributed by atoms with van der Waals surface area (Å²) in [5.41, 5.74) is 0.821. The van der Waals surface area contributed by atoms with Gasteiger partial charge in [0.25, 0.3) is 0 Å². The molecule has 0 unspecified atom stereocenters. The fraction of sp³-hybridized carbons (Fsp3) is 0.889. The second kappa shape index (κ2) is 7.10. The van der Waals surface area contributed by atoms with Crippen molar-refractivity contribution in [3.05, 3.63) is 0 Å². The lowest BCUT2D eigenvalue weighted by Gasteiger charge is -2.17. The monoisotopic (exact) mass is 172 g/mol. The molecule has 0 rings (SSSR count). The van der Waals surface area contributed by atoms with Crippen LogP contribution < -0.4 is 0 Å². The average Bonchev–Trinajstić information content (AvgIpc) is 2.12. The van der Waals surface area contributed by atoms with E-state index in [4.69, 9.17) is 5.21 Å². The quantitative estimate of drug-likeness (QED) is 0.377. The van der Waals surface area contributed by atoms with E-state index in [2.05, 4.69) is 23.9 Å². The molecular weight excluding hydrogens is 152 g/mol. The summed E-state index contributed by atoms with van der Waals surface area (Å²) in [6, 6.07) is 0. The minimum Gasteiger partial charge on any atom is -0.411 e. The standard InChI is InChI=1S/C9H20N2O/c1-4-11(5-2)8-6-7-9(3)10-12/h12H,4-8H2,1-3H3/b10-9-. The molecule has 1 N–H and O–H groups in total. The highest BCUT2D eigenvalue weighted by molar-refractivity contribution is 5.81. The molecule has 3 heteroatoms. The van der Waals surface area contributed by atoms with E-state index in [0.717, 1.165) is 38.2 Å². The van der Waals surface area contributed by atoms with Crippen LogP contribution in [0.2, 0.25) is 0 Å². The summed E-state index contributed by atoms with van der Waals surface area (Å²) in [5.74, 6) is 0. The van der Waals surface area contributed by atoms with Crippen LogP contribution in [0, 0.1) is 0 Å². The molecule has 0 spiro atoms. The van der Waals surface area contributed by atoms with Gasteiger partial charge >= 0.3 is 0 Å². The Hall–Kier alpha value is -0.570. The highest BCUT2D eigenvalue weighted by Crippen LogP contribution is 1.96. The van der Waals surface area contributed by atoms with Gasteiger partial charge in [0.15, 0.2) is 0 Å². The molecule has 3 nitrogen and oxygen atoms in total. The molecule has 0 atom stereocenters. The lowest BCUT2D eigenvalue weighted by molar-refractivity contribution is 0.298. The molecule has 0 aromatic heterocycles. The van der Waals surface area contributed by atoms with Gasteiger partial charge < -0.3 is 10.1 Å². The maximum absolute atomic E-state index is 8.39. The molecule has 0 aromatic carbocycles. The van der Waals surface area contributed by atoms with Gasteiger partial charge in [-0.1, -0.05) is 19.0 Å². The first-order chi connectivity index (χ1) is 5.74. The van der Waals surface area contributed by atoms with Crippen LogP contribution in [0.5, 0.6) is 0 Å². The lowest BCUT2D eigenvalue weighted by atomic mass is 10.2. The zero-order valence-electron chi connectivity index (χ0n) is 8.38. The zero-order chi connectivity index (χ0) is 9.40. The molecule has 0 radical (unpaired) electrons. The molecule has 0 amide bonds. The Labute approximate surface area is 75.1 Å². The summed E-state index contributed by atoms with van der Waals surface area (Å²) < 4.78 is 0. The van der Waals surface area contributed by atoms with E-state index in [9.17, 15) is 0 Å². The summed E-state index contributed by atoms with van der Waals surface area (Å²) in [6.07, 6.45) is 1.98. The van der Waals surface area contributed by atoms with Crippen molar-refractivity contribution < 1.29 is 5.21 Å². The summed E-state index contributed by atoms with van der Waals surface area (Å²) in [4.78, 5) is 2.37. The number of rotatable bonds is 6. The Morgan fingerprint density at radius 1 is 1.33 bits per heavy atom. The molecule has 12 heavy (non-hydrogen) atoms. The summed E-state index contributed by atoms with van der Waals surface area (Å²) >= 11 is 0. The number of hydrogen-bond donors (Lipinski definition) is 1. The van der Waals surface area contributed by atoms with Crippen LogP contribution in [-0.4, -0.2) is 35.5 Å². The highest BCUT2D eigenvalue weighted by atomic mass is 16.4. The average molecular weight is 172 g/mol. The number of oxime groups is 1. The third-order valence-electron chi connectivity index (χ3n) is 2.08. The second-order valence-electron chi connectivity index (χ2n) is 2.97. The lowest BCUT2D eigenvalue weighted by Crippen LogP contribution is -2.24. The first kappa shape index (κ1) is 11.4. The van der Waals surface area contributed by atoms with Crippen molar-refractivity contribution in [3.63, 3.8) is 0 Å².